The summed E-state index contributed by atoms with van der Waals surface area (Å²) >= 11 is 1.62. The van der Waals surface area contributed by atoms with Crippen LogP contribution in [0.2, 0.25) is 0 Å². The number of hydrogen-bond donors (Lipinski definition) is 1. The van der Waals surface area contributed by atoms with Crippen LogP contribution in [-0.4, -0.2) is 54.2 Å². The van der Waals surface area contributed by atoms with Crippen LogP contribution in [0.1, 0.15) is 32.4 Å². The van der Waals surface area contributed by atoms with Crippen molar-refractivity contribution in [2.75, 3.05) is 38.6 Å². The van der Waals surface area contributed by atoms with Gasteiger partial charge in [0, 0.05) is 24.4 Å². The van der Waals surface area contributed by atoms with Crippen LogP contribution in [0.3, 0.4) is 0 Å². The molecule has 0 aromatic heterocycles. The zero-order valence-electron chi connectivity index (χ0n) is 14.7. The SMILES string of the molecule is CC(C)(C)SCC(=O)NCC(c1cccc(F)c1)N1CCOCC1. The zero-order chi connectivity index (χ0) is 17.6. The Morgan fingerprint density at radius 2 is 2.08 bits per heavy atom. The van der Waals surface area contributed by atoms with Crippen LogP contribution in [0.4, 0.5) is 4.39 Å². The van der Waals surface area contributed by atoms with Crippen molar-refractivity contribution in [3.8, 4) is 0 Å². The number of benzene rings is 1. The standard InChI is InChI=1S/C18H27FN2O2S/c1-18(2,3)24-13-17(22)20-12-16(21-7-9-23-10-8-21)14-5-4-6-15(19)11-14/h4-6,11,16H,7-10,12-13H2,1-3H3,(H,20,22). The Morgan fingerprint density at radius 1 is 1.38 bits per heavy atom. The molecule has 0 spiro atoms. The van der Waals surface area contributed by atoms with E-state index in [9.17, 15) is 9.18 Å². The van der Waals surface area contributed by atoms with E-state index in [1.165, 1.54) is 6.07 Å². The van der Waals surface area contributed by atoms with Gasteiger partial charge >= 0.3 is 0 Å². The third-order valence-electron chi connectivity index (χ3n) is 3.85. The molecule has 1 aliphatic rings. The van der Waals surface area contributed by atoms with E-state index >= 15 is 0 Å². The number of halogens is 1. The smallest absolute Gasteiger partial charge is 0.230 e. The first-order chi connectivity index (χ1) is 11.3. The zero-order valence-corrected chi connectivity index (χ0v) is 15.5. The fourth-order valence-corrected chi connectivity index (χ4v) is 3.27. The predicted octanol–water partition coefficient (Wildman–Crippen LogP) is 2.85. The number of rotatable bonds is 6. The van der Waals surface area contributed by atoms with Gasteiger partial charge in [-0.05, 0) is 17.7 Å². The van der Waals surface area contributed by atoms with Gasteiger partial charge in [0.1, 0.15) is 5.82 Å². The van der Waals surface area contributed by atoms with Gasteiger partial charge in [0.2, 0.25) is 5.91 Å². The van der Waals surface area contributed by atoms with Crippen LogP contribution in [0.25, 0.3) is 0 Å². The van der Waals surface area contributed by atoms with Gasteiger partial charge in [-0.2, -0.15) is 0 Å². The maximum atomic E-state index is 13.6. The molecular formula is C18H27FN2O2S. The van der Waals surface area contributed by atoms with Crippen LogP contribution in [-0.2, 0) is 9.53 Å². The van der Waals surface area contributed by atoms with Crippen LogP contribution in [0, 0.1) is 5.82 Å². The molecule has 0 radical (unpaired) electrons. The highest BCUT2D eigenvalue weighted by Gasteiger charge is 2.24. The average molecular weight is 354 g/mol. The lowest BCUT2D eigenvalue weighted by molar-refractivity contribution is -0.118. The van der Waals surface area contributed by atoms with Gasteiger partial charge in [-0.1, -0.05) is 32.9 Å². The molecule has 0 bridgehead atoms. The summed E-state index contributed by atoms with van der Waals surface area (Å²) in [6.45, 7) is 9.66. The minimum absolute atomic E-state index is 0.0181. The minimum Gasteiger partial charge on any atom is -0.379 e. The van der Waals surface area contributed by atoms with Gasteiger partial charge in [-0.3, -0.25) is 9.69 Å². The second-order valence-electron chi connectivity index (χ2n) is 6.92. The Morgan fingerprint density at radius 3 is 2.71 bits per heavy atom. The van der Waals surface area contributed by atoms with Crippen LogP contribution in [0.5, 0.6) is 0 Å². The summed E-state index contributed by atoms with van der Waals surface area (Å²) < 4.78 is 19.1. The van der Waals surface area contributed by atoms with E-state index in [4.69, 9.17) is 4.74 Å². The monoisotopic (exact) mass is 354 g/mol. The number of nitrogens with one attached hydrogen (secondary N) is 1. The van der Waals surface area contributed by atoms with E-state index in [1.807, 2.05) is 6.07 Å². The number of amides is 1. The Balaban J connectivity index is 1.99. The van der Waals surface area contributed by atoms with Crippen molar-refractivity contribution in [2.45, 2.75) is 31.6 Å². The molecule has 1 N–H and O–H groups in total. The Kier molecular flexibility index (Phi) is 7.07. The lowest BCUT2D eigenvalue weighted by Crippen LogP contribution is -2.44. The molecule has 1 aromatic carbocycles. The molecule has 134 valence electrons. The van der Waals surface area contributed by atoms with Crippen LogP contribution < -0.4 is 5.32 Å². The molecule has 1 atom stereocenters. The fraction of sp³-hybridized carbons (Fsp3) is 0.611. The number of thioether (sulfide) groups is 1. The molecule has 24 heavy (non-hydrogen) atoms. The van der Waals surface area contributed by atoms with E-state index in [0.29, 0.717) is 25.5 Å². The van der Waals surface area contributed by atoms with Crippen LogP contribution >= 0.6 is 11.8 Å². The first-order valence-corrected chi connectivity index (χ1v) is 9.31. The van der Waals surface area contributed by atoms with E-state index in [2.05, 4.69) is 31.0 Å². The second kappa shape index (κ2) is 8.83. The van der Waals surface area contributed by atoms with Gasteiger partial charge in [0.25, 0.3) is 0 Å². The Hall–Kier alpha value is -1.11. The highest BCUT2D eigenvalue weighted by molar-refractivity contribution is 8.01. The highest BCUT2D eigenvalue weighted by atomic mass is 32.2. The average Bonchev–Trinajstić information content (AvgIpc) is 2.54. The van der Waals surface area contributed by atoms with Gasteiger partial charge in [-0.25, -0.2) is 4.39 Å². The maximum absolute atomic E-state index is 13.6. The highest BCUT2D eigenvalue weighted by Crippen LogP contribution is 2.24. The van der Waals surface area contributed by atoms with Crippen molar-refractivity contribution >= 4 is 17.7 Å². The minimum atomic E-state index is -0.250. The van der Waals surface area contributed by atoms with Crippen molar-refractivity contribution in [3.63, 3.8) is 0 Å². The lowest BCUT2D eigenvalue weighted by atomic mass is 10.0. The summed E-state index contributed by atoms with van der Waals surface area (Å²) in [7, 11) is 0. The number of morpholine rings is 1. The topological polar surface area (TPSA) is 41.6 Å². The number of hydrogen-bond acceptors (Lipinski definition) is 4. The summed E-state index contributed by atoms with van der Waals surface area (Å²) in [4.78, 5) is 14.4. The number of carbonyl (C=O) groups is 1. The van der Waals surface area contributed by atoms with E-state index in [0.717, 1.165) is 18.7 Å². The fourth-order valence-electron chi connectivity index (χ4n) is 2.60. The Labute approximate surface area is 148 Å². The van der Waals surface area contributed by atoms with E-state index in [1.54, 1.807) is 23.9 Å². The van der Waals surface area contributed by atoms with E-state index in [-0.39, 0.29) is 22.5 Å². The van der Waals surface area contributed by atoms with Gasteiger partial charge in [0.15, 0.2) is 0 Å². The van der Waals surface area contributed by atoms with Crippen molar-refractivity contribution in [1.29, 1.82) is 0 Å². The molecular weight excluding hydrogens is 327 g/mol. The van der Waals surface area contributed by atoms with Gasteiger partial charge in [-0.15, -0.1) is 11.8 Å². The molecule has 1 amide bonds. The first kappa shape index (κ1) is 19.2. The summed E-state index contributed by atoms with van der Waals surface area (Å²) in [5, 5.41) is 3.01. The molecule has 1 unspecified atom stereocenters. The van der Waals surface area contributed by atoms with Crippen LogP contribution in [0.15, 0.2) is 24.3 Å². The number of ether oxygens (including phenoxy) is 1. The van der Waals surface area contributed by atoms with Crippen molar-refractivity contribution in [1.82, 2.24) is 10.2 Å². The molecule has 6 heteroatoms. The predicted molar refractivity (Wildman–Crippen MR) is 96.8 cm³/mol. The van der Waals surface area contributed by atoms with Gasteiger partial charge < -0.3 is 10.1 Å². The molecule has 1 saturated heterocycles. The second-order valence-corrected chi connectivity index (χ2v) is 8.73. The molecule has 2 rings (SSSR count). The first-order valence-electron chi connectivity index (χ1n) is 8.33. The van der Waals surface area contributed by atoms with Crippen molar-refractivity contribution < 1.29 is 13.9 Å². The maximum Gasteiger partial charge on any atom is 0.230 e. The molecule has 0 aliphatic carbocycles. The summed E-state index contributed by atoms with van der Waals surface area (Å²) in [5.41, 5.74) is 0.890. The molecule has 1 aliphatic heterocycles. The summed E-state index contributed by atoms with van der Waals surface area (Å²) in [6.07, 6.45) is 0. The van der Waals surface area contributed by atoms with Crippen molar-refractivity contribution in [3.05, 3.63) is 35.6 Å². The number of carbonyl (C=O) groups excluding carboxylic acids is 1. The normalized spacial score (nSPS) is 17.5. The molecule has 0 saturated carbocycles. The largest absolute Gasteiger partial charge is 0.379 e. The molecule has 1 heterocycles. The van der Waals surface area contributed by atoms with Crippen molar-refractivity contribution in [2.24, 2.45) is 0 Å². The van der Waals surface area contributed by atoms with Gasteiger partial charge in [0.05, 0.1) is 25.0 Å². The quantitative estimate of drug-likeness (QED) is 0.853. The summed E-state index contributed by atoms with van der Waals surface area (Å²) in [6, 6.07) is 6.59. The molecule has 1 fully saturated rings. The lowest BCUT2D eigenvalue weighted by Gasteiger charge is -2.35. The van der Waals surface area contributed by atoms with E-state index < -0.39 is 0 Å². The summed E-state index contributed by atoms with van der Waals surface area (Å²) in [5.74, 6) is 0.202. The third-order valence-corrected chi connectivity index (χ3v) is 5.12. The molecule has 1 aromatic rings. The number of nitrogens with zero attached hydrogens (tertiary/aromatic N) is 1. The Bertz CT molecular complexity index is 542. The molecule has 4 nitrogen and oxygen atoms in total. The third kappa shape index (κ3) is 6.42.